The van der Waals surface area contributed by atoms with E-state index in [-0.39, 0.29) is 18.4 Å². The molecule has 3 aromatic carbocycles. The SMILES string of the molecule is Cc1ccc(NC(=O)COc2ccc(/C=N\NC(=O)CSCc3ccccc3)cc2)cc1. The number of hydrazone groups is 1. The first-order valence-corrected chi connectivity index (χ1v) is 11.3. The molecular weight excluding hydrogens is 422 g/mol. The molecule has 0 saturated heterocycles. The van der Waals surface area contributed by atoms with E-state index in [1.54, 1.807) is 30.5 Å². The quantitative estimate of drug-likeness (QED) is 0.357. The lowest BCUT2D eigenvalue weighted by Crippen LogP contribution is -2.20. The third kappa shape index (κ3) is 8.28. The molecule has 32 heavy (non-hydrogen) atoms. The molecule has 0 aliphatic heterocycles. The van der Waals surface area contributed by atoms with E-state index in [1.807, 2.05) is 61.5 Å². The van der Waals surface area contributed by atoms with Crippen molar-refractivity contribution in [1.82, 2.24) is 5.43 Å². The van der Waals surface area contributed by atoms with Crippen molar-refractivity contribution in [2.24, 2.45) is 5.10 Å². The summed E-state index contributed by atoms with van der Waals surface area (Å²) < 4.78 is 5.51. The van der Waals surface area contributed by atoms with Gasteiger partial charge in [-0.2, -0.15) is 5.10 Å². The van der Waals surface area contributed by atoms with Crippen molar-refractivity contribution in [2.75, 3.05) is 17.7 Å². The molecule has 0 aromatic heterocycles. The summed E-state index contributed by atoms with van der Waals surface area (Å²) in [6.07, 6.45) is 1.56. The molecule has 0 aliphatic carbocycles. The average Bonchev–Trinajstić information content (AvgIpc) is 2.81. The molecule has 7 heteroatoms. The Morgan fingerprint density at radius 1 is 0.938 bits per heavy atom. The van der Waals surface area contributed by atoms with Crippen LogP contribution in [0.25, 0.3) is 0 Å². The average molecular weight is 448 g/mol. The third-order valence-electron chi connectivity index (χ3n) is 4.33. The van der Waals surface area contributed by atoms with Gasteiger partial charge in [-0.1, -0.05) is 48.0 Å². The predicted octanol–water partition coefficient (Wildman–Crippen LogP) is 4.40. The van der Waals surface area contributed by atoms with Crippen molar-refractivity contribution in [2.45, 2.75) is 12.7 Å². The molecule has 3 rings (SSSR count). The van der Waals surface area contributed by atoms with E-state index in [9.17, 15) is 9.59 Å². The minimum absolute atomic E-state index is 0.0853. The fraction of sp³-hybridized carbons (Fsp3) is 0.160. The fourth-order valence-corrected chi connectivity index (χ4v) is 3.46. The Kier molecular flexibility index (Phi) is 8.89. The van der Waals surface area contributed by atoms with Gasteiger partial charge in [-0.15, -0.1) is 11.8 Å². The molecule has 2 N–H and O–H groups in total. The summed E-state index contributed by atoms with van der Waals surface area (Å²) in [4.78, 5) is 23.9. The molecule has 6 nitrogen and oxygen atoms in total. The van der Waals surface area contributed by atoms with Crippen LogP contribution in [0.4, 0.5) is 5.69 Å². The Morgan fingerprint density at radius 3 is 2.38 bits per heavy atom. The van der Waals surface area contributed by atoms with Gasteiger partial charge in [0.2, 0.25) is 5.91 Å². The van der Waals surface area contributed by atoms with E-state index in [0.717, 1.165) is 22.6 Å². The highest BCUT2D eigenvalue weighted by atomic mass is 32.2. The van der Waals surface area contributed by atoms with Crippen molar-refractivity contribution < 1.29 is 14.3 Å². The third-order valence-corrected chi connectivity index (χ3v) is 5.34. The second-order valence-corrected chi connectivity index (χ2v) is 8.03. The number of rotatable bonds is 10. The summed E-state index contributed by atoms with van der Waals surface area (Å²) in [5.74, 6) is 1.31. The lowest BCUT2D eigenvalue weighted by molar-refractivity contribution is -0.119. The normalized spacial score (nSPS) is 10.7. The maximum atomic E-state index is 12.0. The van der Waals surface area contributed by atoms with Gasteiger partial charge in [-0.05, 0) is 54.4 Å². The molecule has 0 radical (unpaired) electrons. The number of nitrogens with zero attached hydrogens (tertiary/aromatic N) is 1. The zero-order chi connectivity index (χ0) is 22.6. The van der Waals surface area contributed by atoms with E-state index < -0.39 is 0 Å². The topological polar surface area (TPSA) is 79.8 Å². The first-order valence-electron chi connectivity index (χ1n) is 10.1. The zero-order valence-electron chi connectivity index (χ0n) is 17.8. The van der Waals surface area contributed by atoms with Gasteiger partial charge in [0.1, 0.15) is 5.75 Å². The second-order valence-electron chi connectivity index (χ2n) is 7.04. The predicted molar refractivity (Wildman–Crippen MR) is 130 cm³/mol. The van der Waals surface area contributed by atoms with Crippen LogP contribution in [0, 0.1) is 6.92 Å². The zero-order valence-corrected chi connectivity index (χ0v) is 18.6. The summed E-state index contributed by atoms with van der Waals surface area (Å²) in [7, 11) is 0. The molecule has 3 aromatic rings. The first-order chi connectivity index (χ1) is 15.6. The number of carbonyl (C=O) groups is 2. The molecule has 0 saturated carbocycles. The van der Waals surface area contributed by atoms with Crippen LogP contribution in [0.1, 0.15) is 16.7 Å². The Morgan fingerprint density at radius 2 is 1.66 bits per heavy atom. The number of amides is 2. The van der Waals surface area contributed by atoms with Crippen LogP contribution in [0.2, 0.25) is 0 Å². The molecule has 0 bridgehead atoms. The highest BCUT2D eigenvalue weighted by Crippen LogP contribution is 2.13. The molecule has 0 fully saturated rings. The van der Waals surface area contributed by atoms with Gasteiger partial charge in [0, 0.05) is 11.4 Å². The number of carbonyl (C=O) groups excluding carboxylic acids is 2. The number of hydrogen-bond acceptors (Lipinski definition) is 5. The van der Waals surface area contributed by atoms with Gasteiger partial charge in [0.15, 0.2) is 6.61 Å². The molecule has 0 atom stereocenters. The van der Waals surface area contributed by atoms with Crippen molar-refractivity contribution in [3.63, 3.8) is 0 Å². The number of benzene rings is 3. The second kappa shape index (κ2) is 12.3. The molecule has 2 amide bonds. The maximum absolute atomic E-state index is 12.0. The minimum Gasteiger partial charge on any atom is -0.484 e. The number of ether oxygens (including phenoxy) is 1. The van der Waals surface area contributed by atoms with Crippen LogP contribution in [-0.4, -0.2) is 30.4 Å². The maximum Gasteiger partial charge on any atom is 0.262 e. The Labute approximate surface area is 192 Å². The standard InChI is InChI=1S/C25H25N3O3S/c1-19-7-11-22(12-8-19)27-24(29)16-31-23-13-9-20(10-14-23)15-26-28-25(30)18-32-17-21-5-3-2-4-6-21/h2-15H,16-18H2,1H3,(H,27,29)(H,28,30)/b26-15-. The monoisotopic (exact) mass is 447 g/mol. The van der Waals surface area contributed by atoms with Gasteiger partial charge >= 0.3 is 0 Å². The minimum atomic E-state index is -0.229. The van der Waals surface area contributed by atoms with Crippen LogP contribution in [0.3, 0.4) is 0 Å². The fourth-order valence-electron chi connectivity index (χ4n) is 2.68. The van der Waals surface area contributed by atoms with E-state index >= 15 is 0 Å². The molecule has 0 unspecified atom stereocenters. The highest BCUT2D eigenvalue weighted by Gasteiger charge is 2.04. The Bertz CT molecular complexity index is 1040. The van der Waals surface area contributed by atoms with Gasteiger partial charge in [0.05, 0.1) is 12.0 Å². The number of thioether (sulfide) groups is 1. The van der Waals surface area contributed by atoms with Gasteiger partial charge < -0.3 is 10.1 Å². The molecule has 164 valence electrons. The van der Waals surface area contributed by atoms with E-state index in [0.29, 0.717) is 11.5 Å². The number of nitrogens with one attached hydrogen (secondary N) is 2. The molecule has 0 aliphatic rings. The van der Waals surface area contributed by atoms with E-state index in [2.05, 4.69) is 15.8 Å². The summed E-state index contributed by atoms with van der Waals surface area (Å²) in [6, 6.07) is 24.7. The van der Waals surface area contributed by atoms with Gasteiger partial charge in [0.25, 0.3) is 5.91 Å². The smallest absolute Gasteiger partial charge is 0.262 e. The first kappa shape index (κ1) is 23.1. The van der Waals surface area contributed by atoms with Crippen LogP contribution in [0.5, 0.6) is 5.75 Å². The summed E-state index contributed by atoms with van der Waals surface area (Å²) in [6.45, 7) is 1.90. The van der Waals surface area contributed by atoms with Gasteiger partial charge in [-0.3, -0.25) is 9.59 Å². The summed E-state index contributed by atoms with van der Waals surface area (Å²) >= 11 is 1.54. The van der Waals surface area contributed by atoms with Crippen molar-refractivity contribution in [3.05, 3.63) is 95.6 Å². The summed E-state index contributed by atoms with van der Waals surface area (Å²) in [5, 5.41) is 6.77. The lowest BCUT2D eigenvalue weighted by Gasteiger charge is -2.08. The molecular formula is C25H25N3O3S. The van der Waals surface area contributed by atoms with Crippen molar-refractivity contribution >= 4 is 35.5 Å². The molecule has 0 spiro atoms. The van der Waals surface area contributed by atoms with Crippen LogP contribution in [-0.2, 0) is 15.3 Å². The summed E-state index contributed by atoms with van der Waals surface area (Å²) in [5.41, 5.74) is 6.37. The van der Waals surface area contributed by atoms with Crippen LogP contribution < -0.4 is 15.5 Å². The Hall–Kier alpha value is -3.58. The van der Waals surface area contributed by atoms with E-state index in [1.165, 1.54) is 17.3 Å². The van der Waals surface area contributed by atoms with Crippen molar-refractivity contribution in [1.29, 1.82) is 0 Å². The van der Waals surface area contributed by atoms with Gasteiger partial charge in [-0.25, -0.2) is 5.43 Å². The number of aryl methyl sites for hydroxylation is 1. The highest BCUT2D eigenvalue weighted by molar-refractivity contribution is 7.99. The largest absolute Gasteiger partial charge is 0.484 e. The van der Waals surface area contributed by atoms with Crippen LogP contribution >= 0.6 is 11.8 Å². The Balaban J connectivity index is 1.35. The number of anilines is 1. The lowest BCUT2D eigenvalue weighted by atomic mass is 10.2. The number of hydrogen-bond donors (Lipinski definition) is 2. The van der Waals surface area contributed by atoms with E-state index in [4.69, 9.17) is 4.74 Å². The molecule has 0 heterocycles. The van der Waals surface area contributed by atoms with Crippen molar-refractivity contribution in [3.8, 4) is 5.75 Å². The van der Waals surface area contributed by atoms with Crippen LogP contribution in [0.15, 0.2) is 84.0 Å².